The second kappa shape index (κ2) is 8.45. The number of rotatable bonds is 7. The van der Waals surface area contributed by atoms with Crippen LogP contribution >= 0.6 is 11.3 Å². The third-order valence-corrected chi connectivity index (χ3v) is 7.41. The van der Waals surface area contributed by atoms with E-state index in [2.05, 4.69) is 4.72 Å². The fraction of sp³-hybridized carbons (Fsp3) is 0.706. The molecule has 24 heavy (non-hydrogen) atoms. The number of nitrogens with zero attached hydrogens (tertiary/aromatic N) is 1. The molecule has 0 radical (unpaired) electrons. The van der Waals surface area contributed by atoms with Gasteiger partial charge in [0.05, 0.1) is 0 Å². The number of piperidine rings is 1. The summed E-state index contributed by atoms with van der Waals surface area (Å²) in [6.45, 7) is 7.47. The molecule has 1 atom stereocenters. The number of thiophene rings is 1. The van der Waals surface area contributed by atoms with Crippen LogP contribution < -0.4 is 4.72 Å². The smallest absolute Gasteiger partial charge is 0.250 e. The van der Waals surface area contributed by atoms with Crippen molar-refractivity contribution < 1.29 is 13.2 Å². The van der Waals surface area contributed by atoms with Crippen molar-refractivity contribution in [3.05, 3.63) is 17.0 Å². The molecule has 0 aromatic carbocycles. The van der Waals surface area contributed by atoms with Crippen molar-refractivity contribution in [3.63, 3.8) is 0 Å². The van der Waals surface area contributed by atoms with Gasteiger partial charge in [0.1, 0.15) is 10.3 Å². The van der Waals surface area contributed by atoms with Crippen LogP contribution in [0.1, 0.15) is 51.3 Å². The lowest BCUT2D eigenvalue weighted by Crippen LogP contribution is -2.50. The van der Waals surface area contributed by atoms with Gasteiger partial charge in [-0.25, -0.2) is 8.42 Å². The van der Waals surface area contributed by atoms with Crippen LogP contribution in [0.25, 0.3) is 0 Å². The number of sulfonamides is 1. The molecule has 7 heteroatoms. The van der Waals surface area contributed by atoms with Gasteiger partial charge in [-0.15, -0.1) is 11.3 Å². The number of carbonyl (C=O) groups is 1. The quantitative estimate of drug-likeness (QED) is 0.800. The molecule has 1 aromatic rings. The molecule has 0 unspecified atom stereocenters. The van der Waals surface area contributed by atoms with Crippen LogP contribution in [0.4, 0.5) is 0 Å². The molecule has 1 fully saturated rings. The van der Waals surface area contributed by atoms with E-state index in [1.165, 1.54) is 11.3 Å². The van der Waals surface area contributed by atoms with E-state index >= 15 is 0 Å². The van der Waals surface area contributed by atoms with Crippen molar-refractivity contribution in [1.29, 1.82) is 0 Å². The highest BCUT2D eigenvalue weighted by molar-refractivity contribution is 7.91. The maximum Gasteiger partial charge on any atom is 0.250 e. The highest BCUT2D eigenvalue weighted by atomic mass is 32.2. The van der Waals surface area contributed by atoms with E-state index in [-0.39, 0.29) is 11.8 Å². The maximum absolute atomic E-state index is 12.8. The van der Waals surface area contributed by atoms with Gasteiger partial charge in [0.2, 0.25) is 5.91 Å². The zero-order chi connectivity index (χ0) is 17.7. The summed E-state index contributed by atoms with van der Waals surface area (Å²) in [4.78, 5) is 15.6. The van der Waals surface area contributed by atoms with Crippen molar-refractivity contribution in [2.24, 2.45) is 5.92 Å². The van der Waals surface area contributed by atoms with E-state index in [0.29, 0.717) is 10.6 Å². The normalized spacial score (nSPS) is 17.2. The molecule has 1 N–H and O–H groups in total. The number of likely N-dealkylation sites (tertiary alicyclic amines) is 1. The highest BCUT2D eigenvalue weighted by Crippen LogP contribution is 2.23. The van der Waals surface area contributed by atoms with E-state index in [4.69, 9.17) is 0 Å². The molecule has 2 heterocycles. The van der Waals surface area contributed by atoms with E-state index in [9.17, 15) is 13.2 Å². The lowest BCUT2D eigenvalue weighted by molar-refractivity contribution is -0.134. The summed E-state index contributed by atoms with van der Waals surface area (Å²) in [5.41, 5.74) is 0. The van der Waals surface area contributed by atoms with Gasteiger partial charge in [0.25, 0.3) is 10.0 Å². The third kappa shape index (κ3) is 5.04. The van der Waals surface area contributed by atoms with Gasteiger partial charge in [-0.2, -0.15) is 4.72 Å². The average molecular weight is 373 g/mol. The topological polar surface area (TPSA) is 66.5 Å². The van der Waals surface area contributed by atoms with Crippen molar-refractivity contribution in [2.75, 3.05) is 13.1 Å². The summed E-state index contributed by atoms with van der Waals surface area (Å²) in [6.07, 6.45) is 4.46. The summed E-state index contributed by atoms with van der Waals surface area (Å²) in [6, 6.07) is 2.78. The Labute approximate surface area is 149 Å². The molecule has 136 valence electrons. The number of aryl methyl sites for hydroxylation is 1. The second-order valence-corrected chi connectivity index (χ2v) is 9.87. The third-order valence-electron chi connectivity index (χ3n) is 4.22. The SMILES string of the molecule is CCc1ccc(S(=O)(=O)N[C@H](CC(C)C)C(=O)N2CCCCC2)s1. The molecule has 0 aliphatic carbocycles. The lowest BCUT2D eigenvalue weighted by Gasteiger charge is -2.31. The molecule has 1 saturated heterocycles. The van der Waals surface area contributed by atoms with Gasteiger partial charge in [0.15, 0.2) is 0 Å². The number of carbonyl (C=O) groups excluding carboxylic acids is 1. The molecule has 1 aliphatic rings. The Morgan fingerprint density at radius 1 is 1.25 bits per heavy atom. The summed E-state index contributed by atoms with van der Waals surface area (Å²) >= 11 is 1.27. The van der Waals surface area contributed by atoms with Gasteiger partial charge < -0.3 is 4.90 Å². The van der Waals surface area contributed by atoms with Gasteiger partial charge in [-0.3, -0.25) is 4.79 Å². The summed E-state index contributed by atoms with van der Waals surface area (Å²) in [5, 5.41) is 0. The van der Waals surface area contributed by atoms with Gasteiger partial charge in [-0.1, -0.05) is 20.8 Å². The zero-order valence-corrected chi connectivity index (χ0v) is 16.4. The molecule has 1 amide bonds. The zero-order valence-electron chi connectivity index (χ0n) is 14.7. The fourth-order valence-electron chi connectivity index (χ4n) is 2.94. The molecule has 0 saturated carbocycles. The molecule has 2 rings (SSSR count). The standard InChI is InChI=1S/C17H28N2O3S2/c1-4-14-8-9-16(23-14)24(21,22)18-15(12-13(2)3)17(20)19-10-6-5-7-11-19/h8-9,13,15,18H,4-7,10-12H2,1-3H3/t15-/m1/s1. The molecule has 1 aromatic heterocycles. The van der Waals surface area contributed by atoms with Crippen molar-refractivity contribution in [2.45, 2.75) is 63.1 Å². The Kier molecular flexibility index (Phi) is 6.83. The number of nitrogens with one attached hydrogen (secondary N) is 1. The first-order valence-electron chi connectivity index (χ1n) is 8.73. The van der Waals surface area contributed by atoms with Gasteiger partial charge >= 0.3 is 0 Å². The summed E-state index contributed by atoms with van der Waals surface area (Å²) < 4.78 is 28.3. The van der Waals surface area contributed by atoms with Crippen LogP contribution in [0.15, 0.2) is 16.3 Å². The fourth-order valence-corrected chi connectivity index (χ4v) is 5.46. The van der Waals surface area contributed by atoms with Crippen LogP contribution in [0, 0.1) is 5.92 Å². The minimum atomic E-state index is -3.66. The maximum atomic E-state index is 12.8. The monoisotopic (exact) mass is 372 g/mol. The van der Waals surface area contributed by atoms with E-state index in [1.54, 1.807) is 6.07 Å². The van der Waals surface area contributed by atoms with Crippen LogP contribution in [-0.4, -0.2) is 38.4 Å². The first-order valence-corrected chi connectivity index (χ1v) is 11.0. The largest absolute Gasteiger partial charge is 0.341 e. The van der Waals surface area contributed by atoms with Gasteiger partial charge in [-0.05, 0) is 50.2 Å². The molecule has 1 aliphatic heterocycles. The number of hydrogen-bond donors (Lipinski definition) is 1. The summed E-state index contributed by atoms with van der Waals surface area (Å²) in [5.74, 6) is 0.153. The van der Waals surface area contributed by atoms with Crippen LogP contribution in [0.2, 0.25) is 0 Å². The van der Waals surface area contributed by atoms with Crippen molar-refractivity contribution in [3.8, 4) is 0 Å². The van der Waals surface area contributed by atoms with E-state index < -0.39 is 16.1 Å². The molecular formula is C17H28N2O3S2. The Morgan fingerprint density at radius 3 is 2.46 bits per heavy atom. The van der Waals surface area contributed by atoms with Crippen LogP contribution in [0.3, 0.4) is 0 Å². The van der Waals surface area contributed by atoms with Gasteiger partial charge in [0, 0.05) is 18.0 Å². The predicted molar refractivity (Wildman–Crippen MR) is 97.7 cm³/mol. The number of amides is 1. The average Bonchev–Trinajstić information content (AvgIpc) is 3.04. The van der Waals surface area contributed by atoms with Crippen molar-refractivity contribution in [1.82, 2.24) is 9.62 Å². The minimum absolute atomic E-state index is 0.0840. The first kappa shape index (κ1) is 19.4. The van der Waals surface area contributed by atoms with Crippen molar-refractivity contribution >= 4 is 27.3 Å². The Hall–Kier alpha value is -0.920. The highest BCUT2D eigenvalue weighted by Gasteiger charge is 2.31. The first-order chi connectivity index (χ1) is 11.3. The molecule has 5 nitrogen and oxygen atoms in total. The predicted octanol–water partition coefficient (Wildman–Crippen LogP) is 3.02. The number of hydrogen-bond acceptors (Lipinski definition) is 4. The van der Waals surface area contributed by atoms with E-state index in [0.717, 1.165) is 43.6 Å². The van der Waals surface area contributed by atoms with Crippen LogP contribution in [0.5, 0.6) is 0 Å². The molecule has 0 bridgehead atoms. The Bertz CT molecular complexity index is 647. The van der Waals surface area contributed by atoms with E-state index in [1.807, 2.05) is 31.7 Å². The Balaban J connectivity index is 2.16. The van der Waals surface area contributed by atoms with Crippen LogP contribution in [-0.2, 0) is 21.2 Å². The lowest BCUT2D eigenvalue weighted by atomic mass is 10.0. The minimum Gasteiger partial charge on any atom is -0.341 e. The molecule has 0 spiro atoms. The summed E-state index contributed by atoms with van der Waals surface area (Å²) in [7, 11) is -3.66. The molecular weight excluding hydrogens is 344 g/mol. The second-order valence-electron chi connectivity index (χ2n) is 6.76. The Morgan fingerprint density at radius 2 is 1.92 bits per heavy atom.